The second-order valence-electron chi connectivity index (χ2n) is 4.57. The standard InChI is InChI=1S/C14H17N3O5/c1-10(2)13(18)15-14(19)22-9-8-16(3)11-4-6-12(7-5-11)17(20)21/h4-7H,1,8-9H2,2-3H3,(H,15,18,19). The van der Waals surface area contributed by atoms with E-state index in [-0.39, 0.29) is 17.9 Å². The molecule has 0 bridgehead atoms. The third kappa shape index (κ3) is 5.23. The first kappa shape index (κ1) is 17.2. The van der Waals surface area contributed by atoms with Crippen LogP contribution >= 0.6 is 0 Å². The number of alkyl carbamates (subject to hydrolysis) is 1. The number of nitrogens with zero attached hydrogens (tertiary/aromatic N) is 2. The van der Waals surface area contributed by atoms with Crippen molar-refractivity contribution in [3.63, 3.8) is 0 Å². The van der Waals surface area contributed by atoms with Crippen molar-refractivity contribution in [2.45, 2.75) is 6.92 Å². The molecule has 0 spiro atoms. The lowest BCUT2D eigenvalue weighted by atomic mass is 10.2. The van der Waals surface area contributed by atoms with E-state index in [2.05, 4.69) is 6.58 Å². The quantitative estimate of drug-likeness (QED) is 0.489. The molecule has 0 aliphatic carbocycles. The summed E-state index contributed by atoms with van der Waals surface area (Å²) < 4.78 is 4.86. The van der Waals surface area contributed by atoms with E-state index >= 15 is 0 Å². The fraction of sp³-hybridized carbons (Fsp3) is 0.286. The maximum atomic E-state index is 11.3. The third-order valence-corrected chi connectivity index (χ3v) is 2.76. The van der Waals surface area contributed by atoms with Gasteiger partial charge in [-0.3, -0.25) is 20.2 Å². The van der Waals surface area contributed by atoms with Crippen LogP contribution in [0.1, 0.15) is 6.92 Å². The largest absolute Gasteiger partial charge is 0.447 e. The average molecular weight is 307 g/mol. The summed E-state index contributed by atoms with van der Waals surface area (Å²) in [4.78, 5) is 34.3. The highest BCUT2D eigenvalue weighted by molar-refractivity contribution is 6.01. The molecule has 0 aromatic heterocycles. The molecule has 1 aromatic rings. The number of nitro groups is 1. The summed E-state index contributed by atoms with van der Waals surface area (Å²) in [6.07, 6.45) is -0.843. The van der Waals surface area contributed by atoms with Crippen molar-refractivity contribution in [2.75, 3.05) is 25.1 Å². The van der Waals surface area contributed by atoms with Crippen molar-refractivity contribution >= 4 is 23.4 Å². The molecule has 1 aromatic carbocycles. The molecule has 22 heavy (non-hydrogen) atoms. The first-order valence-electron chi connectivity index (χ1n) is 6.40. The Morgan fingerprint density at radius 3 is 2.45 bits per heavy atom. The summed E-state index contributed by atoms with van der Waals surface area (Å²) in [5, 5.41) is 12.6. The van der Waals surface area contributed by atoms with E-state index in [1.54, 1.807) is 24.1 Å². The van der Waals surface area contributed by atoms with E-state index in [4.69, 9.17) is 4.74 Å². The molecular weight excluding hydrogens is 290 g/mol. The zero-order chi connectivity index (χ0) is 16.7. The van der Waals surface area contributed by atoms with Gasteiger partial charge in [-0.15, -0.1) is 0 Å². The van der Waals surface area contributed by atoms with Crippen LogP contribution in [0.5, 0.6) is 0 Å². The van der Waals surface area contributed by atoms with Gasteiger partial charge in [0, 0.05) is 30.4 Å². The van der Waals surface area contributed by atoms with Gasteiger partial charge < -0.3 is 9.64 Å². The number of nitro benzene ring substituents is 1. The SMILES string of the molecule is C=C(C)C(=O)NC(=O)OCCN(C)c1ccc([N+](=O)[O-])cc1. The Morgan fingerprint density at radius 1 is 1.36 bits per heavy atom. The Morgan fingerprint density at radius 2 is 1.95 bits per heavy atom. The maximum absolute atomic E-state index is 11.3. The van der Waals surface area contributed by atoms with Crippen molar-refractivity contribution in [3.05, 3.63) is 46.5 Å². The summed E-state index contributed by atoms with van der Waals surface area (Å²) in [5.74, 6) is -0.589. The average Bonchev–Trinajstić information content (AvgIpc) is 2.46. The van der Waals surface area contributed by atoms with Gasteiger partial charge in [0.05, 0.1) is 11.5 Å². The molecule has 8 heteroatoms. The molecule has 118 valence electrons. The number of anilines is 1. The summed E-state index contributed by atoms with van der Waals surface area (Å²) in [6, 6.07) is 5.99. The highest BCUT2D eigenvalue weighted by atomic mass is 16.6. The second-order valence-corrected chi connectivity index (χ2v) is 4.57. The van der Waals surface area contributed by atoms with Gasteiger partial charge in [0.2, 0.25) is 0 Å². The first-order chi connectivity index (χ1) is 10.3. The molecule has 2 amide bonds. The Labute approximate surface area is 127 Å². The van der Waals surface area contributed by atoms with Gasteiger partial charge in [0.1, 0.15) is 6.61 Å². The van der Waals surface area contributed by atoms with Gasteiger partial charge in [0.25, 0.3) is 11.6 Å². The summed E-state index contributed by atoms with van der Waals surface area (Å²) in [7, 11) is 1.75. The summed E-state index contributed by atoms with van der Waals surface area (Å²) in [5.41, 5.74) is 0.957. The van der Waals surface area contributed by atoms with Gasteiger partial charge in [-0.2, -0.15) is 0 Å². The highest BCUT2D eigenvalue weighted by Crippen LogP contribution is 2.17. The van der Waals surface area contributed by atoms with Crippen LogP contribution in [-0.2, 0) is 9.53 Å². The predicted octanol–water partition coefficient (Wildman–Crippen LogP) is 1.86. The van der Waals surface area contributed by atoms with Crippen molar-refractivity contribution in [2.24, 2.45) is 0 Å². The monoisotopic (exact) mass is 307 g/mol. The predicted molar refractivity (Wildman–Crippen MR) is 80.7 cm³/mol. The van der Waals surface area contributed by atoms with Crippen LogP contribution in [0.25, 0.3) is 0 Å². The summed E-state index contributed by atoms with van der Waals surface area (Å²) in [6.45, 7) is 5.30. The van der Waals surface area contributed by atoms with Crippen LogP contribution in [-0.4, -0.2) is 37.1 Å². The number of ether oxygens (including phenoxy) is 1. The van der Waals surface area contributed by atoms with Gasteiger partial charge in [-0.25, -0.2) is 4.79 Å². The first-order valence-corrected chi connectivity index (χ1v) is 6.40. The lowest BCUT2D eigenvalue weighted by molar-refractivity contribution is -0.384. The Bertz CT molecular complexity index is 583. The molecule has 0 aliphatic heterocycles. The van der Waals surface area contributed by atoms with Crippen molar-refractivity contribution in [1.82, 2.24) is 5.32 Å². The minimum Gasteiger partial charge on any atom is -0.447 e. The van der Waals surface area contributed by atoms with Gasteiger partial charge in [-0.1, -0.05) is 6.58 Å². The van der Waals surface area contributed by atoms with Gasteiger partial charge in [-0.05, 0) is 19.1 Å². The highest BCUT2D eigenvalue weighted by Gasteiger charge is 2.10. The van der Waals surface area contributed by atoms with Crippen LogP contribution < -0.4 is 10.2 Å². The molecule has 1 N–H and O–H groups in total. The second kappa shape index (κ2) is 7.77. The number of hydrogen-bond acceptors (Lipinski definition) is 6. The molecule has 0 saturated heterocycles. The number of carbonyl (C=O) groups excluding carboxylic acids is 2. The normalized spacial score (nSPS) is 9.73. The zero-order valence-electron chi connectivity index (χ0n) is 12.4. The minimum atomic E-state index is -0.843. The van der Waals surface area contributed by atoms with E-state index in [0.717, 1.165) is 5.69 Å². The van der Waals surface area contributed by atoms with E-state index in [0.29, 0.717) is 6.54 Å². The Balaban J connectivity index is 2.41. The van der Waals surface area contributed by atoms with Crippen LogP contribution in [0, 0.1) is 10.1 Å². The molecule has 0 aliphatic rings. The number of non-ortho nitro benzene ring substituents is 1. The molecular formula is C14H17N3O5. The lowest BCUT2D eigenvalue weighted by Gasteiger charge is -2.18. The smallest absolute Gasteiger partial charge is 0.414 e. The third-order valence-electron chi connectivity index (χ3n) is 2.76. The van der Waals surface area contributed by atoms with Crippen molar-refractivity contribution in [3.8, 4) is 0 Å². The Hall–Kier alpha value is -2.90. The molecule has 0 unspecified atom stereocenters. The number of benzene rings is 1. The molecule has 1 rings (SSSR count). The molecule has 0 radical (unpaired) electrons. The number of imide groups is 1. The molecule has 8 nitrogen and oxygen atoms in total. The fourth-order valence-electron chi connectivity index (χ4n) is 1.47. The fourth-order valence-corrected chi connectivity index (χ4v) is 1.47. The van der Waals surface area contributed by atoms with Gasteiger partial charge >= 0.3 is 6.09 Å². The van der Waals surface area contributed by atoms with Crippen LogP contribution in [0.4, 0.5) is 16.2 Å². The Kier molecular flexibility index (Phi) is 6.06. The van der Waals surface area contributed by atoms with E-state index < -0.39 is 16.9 Å². The number of hydrogen-bond donors (Lipinski definition) is 1. The summed E-state index contributed by atoms with van der Waals surface area (Å²) >= 11 is 0. The molecule has 0 heterocycles. The van der Waals surface area contributed by atoms with E-state index in [1.807, 2.05) is 5.32 Å². The van der Waals surface area contributed by atoms with Gasteiger partial charge in [0.15, 0.2) is 0 Å². The number of rotatable bonds is 6. The van der Waals surface area contributed by atoms with Crippen LogP contribution in [0.2, 0.25) is 0 Å². The van der Waals surface area contributed by atoms with Crippen LogP contribution in [0.15, 0.2) is 36.4 Å². The van der Waals surface area contributed by atoms with Crippen molar-refractivity contribution < 1.29 is 19.2 Å². The zero-order valence-corrected chi connectivity index (χ0v) is 12.4. The van der Waals surface area contributed by atoms with Crippen molar-refractivity contribution in [1.29, 1.82) is 0 Å². The molecule has 0 saturated carbocycles. The number of carbonyl (C=O) groups is 2. The molecule has 0 atom stereocenters. The number of likely N-dealkylation sites (N-methyl/N-ethyl adjacent to an activating group) is 1. The molecule has 0 fully saturated rings. The minimum absolute atomic E-state index is 0.00563. The lowest BCUT2D eigenvalue weighted by Crippen LogP contribution is -2.33. The van der Waals surface area contributed by atoms with Crippen LogP contribution in [0.3, 0.4) is 0 Å². The number of amides is 2. The maximum Gasteiger partial charge on any atom is 0.414 e. The number of nitrogens with one attached hydrogen (secondary N) is 1. The van der Waals surface area contributed by atoms with E-state index in [9.17, 15) is 19.7 Å². The van der Waals surface area contributed by atoms with E-state index in [1.165, 1.54) is 19.1 Å². The topological polar surface area (TPSA) is 102 Å².